The van der Waals surface area contributed by atoms with Crippen LogP contribution in [0, 0.1) is 0 Å². The molecule has 4 heteroatoms. The van der Waals surface area contributed by atoms with E-state index in [1.54, 1.807) is 0 Å². The van der Waals surface area contributed by atoms with Crippen LogP contribution in [0.15, 0.2) is 0 Å². The number of hydrogen-bond donors (Lipinski definition) is 2. The van der Waals surface area contributed by atoms with Gasteiger partial charge in [-0.3, -0.25) is 0 Å². The molecule has 1 unspecified atom stereocenters. The highest BCUT2D eigenvalue weighted by Gasteiger charge is 2.11. The molecule has 0 spiro atoms. The molecule has 2 N–H and O–H groups in total. The molecule has 0 bridgehead atoms. The summed E-state index contributed by atoms with van der Waals surface area (Å²) in [6.45, 7) is 3.71. The topological polar surface area (TPSA) is 42.5 Å². The van der Waals surface area contributed by atoms with Crippen molar-refractivity contribution in [1.82, 2.24) is 10.6 Å². The molecule has 2 saturated heterocycles. The van der Waals surface area contributed by atoms with Crippen molar-refractivity contribution in [3.05, 3.63) is 0 Å². The zero-order chi connectivity index (χ0) is 10.9. The van der Waals surface area contributed by atoms with E-state index in [1.165, 1.54) is 19.3 Å². The summed E-state index contributed by atoms with van der Waals surface area (Å²) in [4.78, 5) is 0. The van der Waals surface area contributed by atoms with Crippen LogP contribution in [0.2, 0.25) is 0 Å². The third-order valence-electron chi connectivity index (χ3n) is 2.97. The molecule has 0 amide bonds. The van der Waals surface area contributed by atoms with Crippen LogP contribution >= 0.6 is 0 Å². The molecule has 90 valence electrons. The maximum absolute atomic E-state index is 5.16. The largest absolute Gasteiger partial charge is 0.381 e. The van der Waals surface area contributed by atoms with Gasteiger partial charge in [0.15, 0.2) is 0 Å². The Labute approximate surface area is 92.7 Å². The average molecular weight is 216 g/mol. The Hall–Kier alpha value is -0.160. The van der Waals surface area contributed by atoms with Crippen LogP contribution in [-0.4, -0.2) is 52.6 Å². The predicted molar refractivity (Wildman–Crippen MR) is 61.2 cm³/mol. The molecular weight excluding hydrogens is 192 g/mol. The summed E-state index contributed by atoms with van der Waals surface area (Å²) < 4.78 is 10.2. The second kappa shape index (κ2) is 8.05. The van der Waals surface area contributed by atoms with Gasteiger partial charge in [0.2, 0.25) is 0 Å². The van der Waals surface area contributed by atoms with Crippen molar-refractivity contribution < 1.29 is 9.47 Å². The van der Waals surface area contributed by atoms with E-state index in [0.717, 1.165) is 26.4 Å². The molecule has 4 nitrogen and oxygen atoms in total. The van der Waals surface area contributed by atoms with Gasteiger partial charge < -0.3 is 20.1 Å². The van der Waals surface area contributed by atoms with Crippen molar-refractivity contribution in [2.45, 2.75) is 31.3 Å². The smallest absolute Gasteiger partial charge is 0.0620 e. The number of ether oxygens (including phenoxy) is 2. The Morgan fingerprint density at radius 2 is 1.33 bits per heavy atom. The van der Waals surface area contributed by atoms with Gasteiger partial charge in [0.25, 0.3) is 0 Å². The van der Waals surface area contributed by atoms with E-state index in [-0.39, 0.29) is 0 Å². The lowest BCUT2D eigenvalue weighted by atomic mass is 10.1. The third-order valence-corrected chi connectivity index (χ3v) is 2.97. The minimum atomic E-state index is 0.625. The molecule has 2 aliphatic rings. The Balaban J connectivity index is 0.000000151. The van der Waals surface area contributed by atoms with E-state index >= 15 is 0 Å². The molecule has 2 aliphatic heterocycles. The Bertz CT molecular complexity index is 144. The van der Waals surface area contributed by atoms with Crippen molar-refractivity contribution in [3.63, 3.8) is 0 Å². The van der Waals surface area contributed by atoms with Gasteiger partial charge in [0, 0.05) is 31.9 Å². The first-order valence-electron chi connectivity index (χ1n) is 5.87. The molecule has 0 aliphatic carbocycles. The maximum atomic E-state index is 5.16. The summed E-state index contributed by atoms with van der Waals surface area (Å²) in [6, 6.07) is 1.34. The highest BCUT2D eigenvalue weighted by Crippen LogP contribution is 2.04. The van der Waals surface area contributed by atoms with Crippen LogP contribution in [0.1, 0.15) is 19.3 Å². The summed E-state index contributed by atoms with van der Waals surface area (Å²) in [7, 11) is 3.98. The van der Waals surface area contributed by atoms with Crippen LogP contribution in [-0.2, 0) is 9.47 Å². The van der Waals surface area contributed by atoms with E-state index < -0.39 is 0 Å². The van der Waals surface area contributed by atoms with E-state index in [4.69, 9.17) is 9.47 Å². The molecule has 0 saturated carbocycles. The summed E-state index contributed by atoms with van der Waals surface area (Å²) in [5, 5.41) is 6.36. The number of likely N-dealkylation sites (N-methyl/N-ethyl adjacent to an activating group) is 1. The van der Waals surface area contributed by atoms with Gasteiger partial charge >= 0.3 is 0 Å². The van der Waals surface area contributed by atoms with Crippen molar-refractivity contribution in [2.75, 3.05) is 40.5 Å². The zero-order valence-corrected chi connectivity index (χ0v) is 9.92. The van der Waals surface area contributed by atoms with Gasteiger partial charge in [-0.25, -0.2) is 0 Å². The van der Waals surface area contributed by atoms with Gasteiger partial charge in [-0.05, 0) is 33.4 Å². The van der Waals surface area contributed by atoms with Crippen molar-refractivity contribution in [3.8, 4) is 0 Å². The quantitative estimate of drug-likeness (QED) is 0.700. The fourth-order valence-corrected chi connectivity index (χ4v) is 1.75. The predicted octanol–water partition coefficient (Wildman–Crippen LogP) is 0.380. The van der Waals surface area contributed by atoms with Crippen molar-refractivity contribution in [2.24, 2.45) is 0 Å². The highest BCUT2D eigenvalue weighted by molar-refractivity contribution is 4.67. The minimum Gasteiger partial charge on any atom is -0.381 e. The van der Waals surface area contributed by atoms with E-state index in [1.807, 2.05) is 14.1 Å². The van der Waals surface area contributed by atoms with Gasteiger partial charge in [-0.1, -0.05) is 0 Å². The number of hydrogen-bond acceptors (Lipinski definition) is 4. The van der Waals surface area contributed by atoms with Gasteiger partial charge in [-0.2, -0.15) is 0 Å². The van der Waals surface area contributed by atoms with Crippen LogP contribution < -0.4 is 10.6 Å². The molecule has 15 heavy (non-hydrogen) atoms. The molecular formula is C11H24N2O2. The van der Waals surface area contributed by atoms with E-state index in [2.05, 4.69) is 10.6 Å². The second-order valence-corrected chi connectivity index (χ2v) is 4.02. The van der Waals surface area contributed by atoms with Gasteiger partial charge in [-0.15, -0.1) is 0 Å². The number of nitrogens with one attached hydrogen (secondary N) is 2. The Morgan fingerprint density at radius 3 is 1.67 bits per heavy atom. The van der Waals surface area contributed by atoms with Crippen molar-refractivity contribution in [1.29, 1.82) is 0 Å². The molecule has 0 radical (unpaired) electrons. The first kappa shape index (κ1) is 12.9. The standard InChI is InChI=1S/C6H13NO.C5H11NO/c1-7-6-2-4-8-5-3-6;1-6-5-2-3-7-4-5/h6-7H,2-5H2,1H3;5-6H,2-4H2,1H3. The lowest BCUT2D eigenvalue weighted by molar-refractivity contribution is 0.0799. The Morgan fingerprint density at radius 1 is 0.800 bits per heavy atom. The summed E-state index contributed by atoms with van der Waals surface area (Å²) in [5.74, 6) is 0. The average Bonchev–Trinajstić information content (AvgIpc) is 2.84. The van der Waals surface area contributed by atoms with Crippen LogP contribution in [0.3, 0.4) is 0 Å². The monoisotopic (exact) mass is 216 g/mol. The summed E-state index contributed by atoms with van der Waals surface area (Å²) in [5.41, 5.74) is 0. The number of rotatable bonds is 2. The van der Waals surface area contributed by atoms with Crippen LogP contribution in [0.4, 0.5) is 0 Å². The first-order chi connectivity index (χ1) is 7.36. The minimum absolute atomic E-state index is 0.625. The lowest BCUT2D eigenvalue weighted by Crippen LogP contribution is -2.31. The van der Waals surface area contributed by atoms with Gasteiger partial charge in [0.05, 0.1) is 6.61 Å². The summed E-state index contributed by atoms with van der Waals surface area (Å²) >= 11 is 0. The van der Waals surface area contributed by atoms with E-state index in [9.17, 15) is 0 Å². The maximum Gasteiger partial charge on any atom is 0.0620 e. The second-order valence-electron chi connectivity index (χ2n) is 4.02. The molecule has 0 aromatic rings. The third kappa shape index (κ3) is 5.47. The SMILES string of the molecule is CNC1CCOC1.CNC1CCOCC1. The van der Waals surface area contributed by atoms with Crippen LogP contribution in [0.25, 0.3) is 0 Å². The Kier molecular flexibility index (Phi) is 6.92. The highest BCUT2D eigenvalue weighted by atomic mass is 16.5. The molecule has 2 heterocycles. The van der Waals surface area contributed by atoms with E-state index in [0.29, 0.717) is 12.1 Å². The van der Waals surface area contributed by atoms with Crippen LogP contribution in [0.5, 0.6) is 0 Å². The molecule has 1 atom stereocenters. The normalized spacial score (nSPS) is 27.2. The molecule has 0 aromatic heterocycles. The lowest BCUT2D eigenvalue weighted by Gasteiger charge is -2.20. The zero-order valence-electron chi connectivity index (χ0n) is 9.92. The summed E-state index contributed by atoms with van der Waals surface area (Å²) in [6.07, 6.45) is 3.53. The molecule has 0 aromatic carbocycles. The first-order valence-corrected chi connectivity index (χ1v) is 5.87. The molecule has 2 fully saturated rings. The fourth-order valence-electron chi connectivity index (χ4n) is 1.75. The fraction of sp³-hybridized carbons (Fsp3) is 1.00. The van der Waals surface area contributed by atoms with Gasteiger partial charge in [0.1, 0.15) is 0 Å². The van der Waals surface area contributed by atoms with Crippen molar-refractivity contribution >= 4 is 0 Å². The molecule has 2 rings (SSSR count).